The van der Waals surface area contributed by atoms with E-state index in [4.69, 9.17) is 4.74 Å². The Morgan fingerprint density at radius 1 is 1.43 bits per heavy atom. The molecule has 0 heterocycles. The van der Waals surface area contributed by atoms with E-state index in [1.165, 1.54) is 5.56 Å². The Morgan fingerprint density at radius 2 is 2.21 bits per heavy atom. The van der Waals surface area contributed by atoms with Crippen LogP contribution in [-0.4, -0.2) is 13.7 Å². The van der Waals surface area contributed by atoms with Crippen LogP contribution in [0.25, 0.3) is 0 Å². The summed E-state index contributed by atoms with van der Waals surface area (Å²) < 4.78 is 5.13. The summed E-state index contributed by atoms with van der Waals surface area (Å²) in [5.41, 5.74) is 2.36. The van der Waals surface area contributed by atoms with Crippen LogP contribution in [0.1, 0.15) is 12.5 Å². The number of hydrogen-bond donors (Lipinski definition) is 1. The van der Waals surface area contributed by atoms with Gasteiger partial charge < -0.3 is 10.1 Å². The minimum absolute atomic E-state index is 0.865. The van der Waals surface area contributed by atoms with Crippen molar-refractivity contribution >= 4 is 5.69 Å². The summed E-state index contributed by atoms with van der Waals surface area (Å²) in [5, 5.41) is 3.32. The molecule has 0 amide bonds. The monoisotopic (exact) mass is 191 g/mol. The number of benzene rings is 1. The molecule has 76 valence electrons. The summed E-state index contributed by atoms with van der Waals surface area (Å²) >= 11 is 0. The van der Waals surface area contributed by atoms with E-state index in [0.29, 0.717) is 0 Å². The predicted octanol–water partition coefficient (Wildman–Crippen LogP) is 2.99. The van der Waals surface area contributed by atoms with E-state index >= 15 is 0 Å². The quantitative estimate of drug-likeness (QED) is 0.739. The number of hydrogen-bond acceptors (Lipinski definition) is 2. The van der Waals surface area contributed by atoms with Crippen LogP contribution >= 0.6 is 0 Å². The highest BCUT2D eigenvalue weighted by Crippen LogP contribution is 2.20. The zero-order valence-corrected chi connectivity index (χ0v) is 9.00. The van der Waals surface area contributed by atoms with Gasteiger partial charge in [-0.05, 0) is 37.6 Å². The van der Waals surface area contributed by atoms with Crippen LogP contribution in [0.4, 0.5) is 5.69 Å². The van der Waals surface area contributed by atoms with Gasteiger partial charge in [0.2, 0.25) is 0 Å². The summed E-state index contributed by atoms with van der Waals surface area (Å²) in [6, 6.07) is 6.03. The molecule has 2 heteroatoms. The topological polar surface area (TPSA) is 21.3 Å². The van der Waals surface area contributed by atoms with Gasteiger partial charge in [0.05, 0.1) is 7.11 Å². The van der Waals surface area contributed by atoms with E-state index in [-0.39, 0.29) is 0 Å². The van der Waals surface area contributed by atoms with Gasteiger partial charge in [0.15, 0.2) is 0 Å². The molecule has 0 fully saturated rings. The molecule has 1 rings (SSSR count). The van der Waals surface area contributed by atoms with Gasteiger partial charge in [-0.3, -0.25) is 0 Å². The molecule has 1 N–H and O–H groups in total. The molecule has 0 aliphatic carbocycles. The molecule has 1 aromatic rings. The van der Waals surface area contributed by atoms with Crippen molar-refractivity contribution in [2.24, 2.45) is 0 Å². The van der Waals surface area contributed by atoms with Crippen molar-refractivity contribution in [1.29, 1.82) is 0 Å². The lowest BCUT2D eigenvalue weighted by atomic mass is 10.2. The van der Waals surface area contributed by atoms with E-state index < -0.39 is 0 Å². The van der Waals surface area contributed by atoms with Gasteiger partial charge >= 0.3 is 0 Å². The largest absolute Gasteiger partial charge is 0.497 e. The lowest BCUT2D eigenvalue weighted by molar-refractivity contribution is 0.414. The number of methoxy groups -OCH3 is 1. The summed E-state index contributed by atoms with van der Waals surface area (Å²) in [5.74, 6) is 0.902. The van der Waals surface area contributed by atoms with Gasteiger partial charge in [-0.2, -0.15) is 0 Å². The fraction of sp³-hybridized carbons (Fsp3) is 0.333. The van der Waals surface area contributed by atoms with Crippen molar-refractivity contribution in [3.05, 3.63) is 35.9 Å². The van der Waals surface area contributed by atoms with Crippen LogP contribution in [0.15, 0.2) is 30.4 Å². The zero-order valence-electron chi connectivity index (χ0n) is 9.00. The third-order valence-corrected chi connectivity index (χ3v) is 2.08. The Kier molecular flexibility index (Phi) is 4.05. The van der Waals surface area contributed by atoms with Crippen LogP contribution in [0.3, 0.4) is 0 Å². The van der Waals surface area contributed by atoms with Crippen LogP contribution in [0, 0.1) is 6.92 Å². The Balaban J connectivity index is 2.68. The molecule has 14 heavy (non-hydrogen) atoms. The van der Waals surface area contributed by atoms with Gasteiger partial charge in [-0.15, -0.1) is 0 Å². The summed E-state index contributed by atoms with van der Waals surface area (Å²) in [7, 11) is 1.68. The first-order valence-electron chi connectivity index (χ1n) is 4.77. The number of nitrogens with one attached hydrogen (secondary N) is 1. The fourth-order valence-corrected chi connectivity index (χ4v) is 1.25. The first-order chi connectivity index (χ1) is 6.77. The Hall–Kier alpha value is -1.44. The molecule has 1 aromatic carbocycles. The second kappa shape index (κ2) is 5.32. The molecule has 0 bridgehead atoms. The lowest BCUT2D eigenvalue weighted by Crippen LogP contribution is -2.00. The average Bonchev–Trinajstić information content (AvgIpc) is 2.20. The number of allylic oxidation sites excluding steroid dienone is 1. The van der Waals surface area contributed by atoms with E-state index in [1.807, 2.05) is 31.2 Å². The minimum atomic E-state index is 0.865. The molecule has 0 aliphatic heterocycles. The van der Waals surface area contributed by atoms with E-state index in [0.717, 1.165) is 18.0 Å². The van der Waals surface area contributed by atoms with Crippen molar-refractivity contribution < 1.29 is 4.74 Å². The molecule has 0 spiro atoms. The number of anilines is 1. The Labute approximate surface area is 85.6 Å². The molecular weight excluding hydrogens is 174 g/mol. The fourth-order valence-electron chi connectivity index (χ4n) is 1.25. The standard InChI is InChI=1S/C12H17NO/c1-4-5-8-13-12-7-6-11(14-3)9-10(12)2/h4-7,9,13H,8H2,1-3H3/b5-4+. The van der Waals surface area contributed by atoms with Crippen LogP contribution in [0.2, 0.25) is 0 Å². The third-order valence-electron chi connectivity index (χ3n) is 2.08. The summed E-state index contributed by atoms with van der Waals surface area (Å²) in [6.07, 6.45) is 4.12. The van der Waals surface area contributed by atoms with E-state index in [1.54, 1.807) is 7.11 Å². The molecule has 0 saturated carbocycles. The molecule has 0 unspecified atom stereocenters. The molecule has 0 radical (unpaired) electrons. The van der Waals surface area contributed by atoms with Gasteiger partial charge in [-0.25, -0.2) is 0 Å². The van der Waals surface area contributed by atoms with Gasteiger partial charge in [0.25, 0.3) is 0 Å². The van der Waals surface area contributed by atoms with Crippen molar-refractivity contribution in [2.75, 3.05) is 19.0 Å². The van der Waals surface area contributed by atoms with E-state index in [2.05, 4.69) is 18.3 Å². The molecule has 0 atom stereocenters. The number of rotatable bonds is 4. The van der Waals surface area contributed by atoms with Crippen molar-refractivity contribution in [3.63, 3.8) is 0 Å². The number of ether oxygens (including phenoxy) is 1. The predicted molar refractivity (Wildman–Crippen MR) is 61.0 cm³/mol. The Morgan fingerprint density at radius 3 is 2.79 bits per heavy atom. The van der Waals surface area contributed by atoms with Gasteiger partial charge in [0, 0.05) is 12.2 Å². The third kappa shape index (κ3) is 2.80. The molecule has 0 saturated heterocycles. The van der Waals surface area contributed by atoms with Crippen LogP contribution < -0.4 is 10.1 Å². The molecular formula is C12H17NO. The van der Waals surface area contributed by atoms with Crippen molar-refractivity contribution in [2.45, 2.75) is 13.8 Å². The van der Waals surface area contributed by atoms with Gasteiger partial charge in [0.1, 0.15) is 5.75 Å². The highest BCUT2D eigenvalue weighted by Gasteiger charge is 1.97. The molecule has 2 nitrogen and oxygen atoms in total. The second-order valence-electron chi connectivity index (χ2n) is 3.13. The first kappa shape index (κ1) is 10.6. The van der Waals surface area contributed by atoms with Crippen LogP contribution in [-0.2, 0) is 0 Å². The lowest BCUT2D eigenvalue weighted by Gasteiger charge is -2.08. The SMILES string of the molecule is C/C=C/CNc1ccc(OC)cc1C. The summed E-state index contributed by atoms with van der Waals surface area (Å²) in [6.45, 7) is 4.95. The smallest absolute Gasteiger partial charge is 0.119 e. The van der Waals surface area contributed by atoms with Gasteiger partial charge in [-0.1, -0.05) is 12.2 Å². The molecule has 0 aliphatic rings. The summed E-state index contributed by atoms with van der Waals surface area (Å²) in [4.78, 5) is 0. The first-order valence-corrected chi connectivity index (χ1v) is 4.77. The maximum absolute atomic E-state index is 5.13. The van der Waals surface area contributed by atoms with E-state index in [9.17, 15) is 0 Å². The molecule has 0 aromatic heterocycles. The minimum Gasteiger partial charge on any atom is -0.497 e. The maximum Gasteiger partial charge on any atom is 0.119 e. The zero-order chi connectivity index (χ0) is 10.4. The highest BCUT2D eigenvalue weighted by molar-refractivity contribution is 5.53. The maximum atomic E-state index is 5.13. The number of aryl methyl sites for hydroxylation is 1. The van der Waals surface area contributed by atoms with Crippen molar-refractivity contribution in [1.82, 2.24) is 0 Å². The van der Waals surface area contributed by atoms with Crippen LogP contribution in [0.5, 0.6) is 5.75 Å². The normalized spacial score (nSPS) is 10.5. The second-order valence-corrected chi connectivity index (χ2v) is 3.13. The average molecular weight is 191 g/mol. The highest BCUT2D eigenvalue weighted by atomic mass is 16.5. The van der Waals surface area contributed by atoms with Crippen molar-refractivity contribution in [3.8, 4) is 5.75 Å². The Bertz CT molecular complexity index is 318.